The van der Waals surface area contributed by atoms with Crippen LogP contribution < -0.4 is 5.32 Å². The summed E-state index contributed by atoms with van der Waals surface area (Å²) in [5.41, 5.74) is 3.02. The van der Waals surface area contributed by atoms with Gasteiger partial charge in [-0.2, -0.15) is 0 Å². The van der Waals surface area contributed by atoms with E-state index in [9.17, 15) is 0 Å². The summed E-state index contributed by atoms with van der Waals surface area (Å²) in [6.07, 6.45) is 4.48. The van der Waals surface area contributed by atoms with Crippen LogP contribution in [0.2, 0.25) is 5.15 Å². The number of anilines is 1. The highest BCUT2D eigenvalue weighted by Gasteiger charge is 2.06. The number of fused-ring (bicyclic) bond motifs is 1. The van der Waals surface area contributed by atoms with Crippen LogP contribution in [0.5, 0.6) is 0 Å². The van der Waals surface area contributed by atoms with Gasteiger partial charge in [0.2, 0.25) is 0 Å². The van der Waals surface area contributed by atoms with E-state index in [2.05, 4.69) is 40.2 Å². The molecule has 23 heavy (non-hydrogen) atoms. The first kappa shape index (κ1) is 15.7. The van der Waals surface area contributed by atoms with Crippen LogP contribution in [-0.2, 0) is 0 Å². The first-order chi connectivity index (χ1) is 11.1. The summed E-state index contributed by atoms with van der Waals surface area (Å²) < 4.78 is 0. The highest BCUT2D eigenvalue weighted by molar-refractivity contribution is 6.29. The highest BCUT2D eigenvalue weighted by atomic mass is 35.5. The Balaban J connectivity index is 1.95. The van der Waals surface area contributed by atoms with Crippen LogP contribution in [0.15, 0.2) is 42.9 Å². The predicted octanol–water partition coefficient (Wildman–Crippen LogP) is 4.80. The molecule has 0 amide bonds. The predicted molar refractivity (Wildman–Crippen MR) is 95.7 cm³/mol. The number of nitrogens with one attached hydrogen (secondary N) is 1. The standard InChI is InChI=1S/C18H19ClN4/c1-12(2)7-8-20-18-15-9-13(3-5-16(15)22-11-23-18)14-4-6-17(19)21-10-14/h3-6,9-12H,7-8H2,1-2H3,(H,20,22,23). The van der Waals surface area contributed by atoms with Crippen molar-refractivity contribution in [2.45, 2.75) is 20.3 Å². The Morgan fingerprint density at radius 1 is 1.04 bits per heavy atom. The molecule has 0 radical (unpaired) electrons. The van der Waals surface area contributed by atoms with E-state index >= 15 is 0 Å². The molecule has 0 aliphatic rings. The fraction of sp³-hybridized carbons (Fsp3) is 0.278. The molecule has 2 heterocycles. The normalized spacial score (nSPS) is 11.1. The Morgan fingerprint density at radius 3 is 2.61 bits per heavy atom. The second kappa shape index (κ2) is 6.92. The number of hydrogen-bond donors (Lipinski definition) is 1. The molecule has 3 rings (SSSR count). The van der Waals surface area contributed by atoms with E-state index in [4.69, 9.17) is 11.6 Å². The van der Waals surface area contributed by atoms with Crippen molar-refractivity contribution >= 4 is 28.3 Å². The van der Waals surface area contributed by atoms with Crippen molar-refractivity contribution in [1.82, 2.24) is 15.0 Å². The molecule has 0 atom stereocenters. The maximum absolute atomic E-state index is 5.86. The summed E-state index contributed by atoms with van der Waals surface area (Å²) in [4.78, 5) is 12.9. The van der Waals surface area contributed by atoms with Crippen LogP contribution in [-0.4, -0.2) is 21.5 Å². The van der Waals surface area contributed by atoms with Crippen LogP contribution in [0.25, 0.3) is 22.0 Å². The summed E-state index contributed by atoms with van der Waals surface area (Å²) in [5, 5.41) is 4.93. The lowest BCUT2D eigenvalue weighted by molar-refractivity contribution is 0.607. The lowest BCUT2D eigenvalue weighted by Gasteiger charge is -2.11. The van der Waals surface area contributed by atoms with Crippen LogP contribution in [0.3, 0.4) is 0 Å². The van der Waals surface area contributed by atoms with Gasteiger partial charge < -0.3 is 5.32 Å². The third-order valence-corrected chi connectivity index (χ3v) is 3.93. The molecule has 1 aromatic carbocycles. The lowest BCUT2D eigenvalue weighted by atomic mass is 10.1. The van der Waals surface area contributed by atoms with E-state index in [0.717, 1.165) is 40.8 Å². The van der Waals surface area contributed by atoms with Gasteiger partial charge in [0.05, 0.1) is 5.52 Å². The zero-order valence-electron chi connectivity index (χ0n) is 13.3. The monoisotopic (exact) mass is 326 g/mol. The van der Waals surface area contributed by atoms with Crippen molar-refractivity contribution in [3.8, 4) is 11.1 Å². The summed E-state index contributed by atoms with van der Waals surface area (Å²) in [7, 11) is 0. The van der Waals surface area contributed by atoms with E-state index in [1.807, 2.05) is 18.2 Å². The summed E-state index contributed by atoms with van der Waals surface area (Å²) in [6.45, 7) is 5.33. The Hall–Kier alpha value is -2.20. The quantitative estimate of drug-likeness (QED) is 0.684. The maximum atomic E-state index is 5.86. The highest BCUT2D eigenvalue weighted by Crippen LogP contribution is 2.27. The fourth-order valence-corrected chi connectivity index (χ4v) is 2.51. The van der Waals surface area contributed by atoms with Gasteiger partial charge in [-0.25, -0.2) is 15.0 Å². The largest absolute Gasteiger partial charge is 0.369 e. The molecule has 3 aromatic rings. The minimum atomic E-state index is 0.494. The number of pyridine rings is 1. The minimum absolute atomic E-state index is 0.494. The van der Waals surface area contributed by atoms with Crippen LogP contribution in [0.4, 0.5) is 5.82 Å². The van der Waals surface area contributed by atoms with Crippen molar-refractivity contribution in [3.63, 3.8) is 0 Å². The molecule has 0 aliphatic carbocycles. The van der Waals surface area contributed by atoms with Crippen molar-refractivity contribution in [2.24, 2.45) is 5.92 Å². The number of aromatic nitrogens is 3. The molecule has 118 valence electrons. The average molecular weight is 327 g/mol. The number of hydrogen-bond acceptors (Lipinski definition) is 4. The molecule has 5 heteroatoms. The van der Waals surface area contributed by atoms with Crippen molar-refractivity contribution in [2.75, 3.05) is 11.9 Å². The lowest BCUT2D eigenvalue weighted by Crippen LogP contribution is -2.06. The molecule has 0 saturated heterocycles. The van der Waals surface area contributed by atoms with Crippen LogP contribution in [0, 0.1) is 5.92 Å². The SMILES string of the molecule is CC(C)CCNc1ncnc2ccc(-c3ccc(Cl)nc3)cc12. The van der Waals surface area contributed by atoms with Gasteiger partial charge >= 0.3 is 0 Å². The van der Waals surface area contributed by atoms with Gasteiger partial charge in [-0.15, -0.1) is 0 Å². The van der Waals surface area contributed by atoms with E-state index < -0.39 is 0 Å². The molecule has 2 aromatic heterocycles. The zero-order valence-corrected chi connectivity index (χ0v) is 14.0. The Kier molecular flexibility index (Phi) is 4.72. The number of benzene rings is 1. The maximum Gasteiger partial charge on any atom is 0.137 e. The van der Waals surface area contributed by atoms with Crippen LogP contribution in [0.1, 0.15) is 20.3 Å². The minimum Gasteiger partial charge on any atom is -0.369 e. The first-order valence-corrected chi connectivity index (χ1v) is 8.12. The van der Waals surface area contributed by atoms with Gasteiger partial charge in [-0.3, -0.25) is 0 Å². The summed E-state index contributed by atoms with van der Waals surface area (Å²) >= 11 is 5.86. The first-order valence-electron chi connectivity index (χ1n) is 7.74. The molecular weight excluding hydrogens is 308 g/mol. The Morgan fingerprint density at radius 2 is 1.87 bits per heavy atom. The van der Waals surface area contributed by atoms with E-state index in [1.54, 1.807) is 18.6 Å². The Labute approximate surface area is 141 Å². The second-order valence-electron chi connectivity index (χ2n) is 5.93. The topological polar surface area (TPSA) is 50.7 Å². The summed E-state index contributed by atoms with van der Waals surface area (Å²) in [6, 6.07) is 9.90. The third-order valence-electron chi connectivity index (χ3n) is 3.71. The van der Waals surface area contributed by atoms with Crippen molar-refractivity contribution < 1.29 is 0 Å². The number of nitrogens with zero attached hydrogens (tertiary/aromatic N) is 3. The molecule has 1 N–H and O–H groups in total. The fourth-order valence-electron chi connectivity index (χ4n) is 2.40. The molecule has 4 nitrogen and oxygen atoms in total. The molecule has 0 bridgehead atoms. The Bertz CT molecular complexity index is 800. The van der Waals surface area contributed by atoms with Crippen molar-refractivity contribution in [1.29, 1.82) is 0 Å². The van der Waals surface area contributed by atoms with E-state index in [-0.39, 0.29) is 0 Å². The van der Waals surface area contributed by atoms with Gasteiger partial charge in [0.1, 0.15) is 17.3 Å². The van der Waals surface area contributed by atoms with E-state index in [0.29, 0.717) is 11.1 Å². The third kappa shape index (κ3) is 3.77. The number of rotatable bonds is 5. The smallest absolute Gasteiger partial charge is 0.137 e. The molecule has 0 spiro atoms. The zero-order chi connectivity index (χ0) is 16.2. The van der Waals surface area contributed by atoms with Gasteiger partial charge in [0.15, 0.2) is 0 Å². The number of halogens is 1. The molecule has 0 saturated carbocycles. The summed E-state index contributed by atoms with van der Waals surface area (Å²) in [5.74, 6) is 1.53. The van der Waals surface area contributed by atoms with Gasteiger partial charge in [-0.1, -0.05) is 31.5 Å². The van der Waals surface area contributed by atoms with Gasteiger partial charge in [0.25, 0.3) is 0 Å². The molecular formula is C18H19ClN4. The molecule has 0 unspecified atom stereocenters. The second-order valence-corrected chi connectivity index (χ2v) is 6.32. The van der Waals surface area contributed by atoms with Gasteiger partial charge in [-0.05, 0) is 42.2 Å². The molecule has 0 fully saturated rings. The average Bonchev–Trinajstić information content (AvgIpc) is 2.55. The van der Waals surface area contributed by atoms with Crippen molar-refractivity contribution in [3.05, 3.63) is 48.0 Å². The molecule has 0 aliphatic heterocycles. The van der Waals surface area contributed by atoms with Crippen LogP contribution >= 0.6 is 11.6 Å². The van der Waals surface area contributed by atoms with Gasteiger partial charge in [0, 0.05) is 23.7 Å². The van der Waals surface area contributed by atoms with E-state index in [1.165, 1.54) is 0 Å².